The normalized spacial score (nSPS) is 12.5. The van der Waals surface area contributed by atoms with Gasteiger partial charge in [0.15, 0.2) is 0 Å². The minimum absolute atomic E-state index is 0.220. The first-order chi connectivity index (χ1) is 11.2. The lowest BCUT2D eigenvalue weighted by atomic mass is 10.2. The Kier molecular flexibility index (Phi) is 5.61. The number of carbonyl (C=O) groups excluding carboxylic acids is 1. The Morgan fingerprint density at radius 1 is 1.12 bits per heavy atom. The number of sulfonamides is 1. The highest BCUT2D eigenvalue weighted by atomic mass is 79.9. The largest absolute Gasteiger partial charge is 0.324 e. The molecular formula is C16H16BrFN2O3S. The molecule has 1 N–H and O–H groups in total. The fourth-order valence-corrected chi connectivity index (χ4v) is 3.62. The van der Waals surface area contributed by atoms with Crippen molar-refractivity contribution in [1.29, 1.82) is 0 Å². The zero-order chi connectivity index (χ0) is 17.9. The molecule has 0 fully saturated rings. The number of rotatable bonds is 5. The zero-order valence-corrected chi connectivity index (χ0v) is 15.4. The van der Waals surface area contributed by atoms with Gasteiger partial charge >= 0.3 is 0 Å². The van der Waals surface area contributed by atoms with E-state index in [0.29, 0.717) is 5.69 Å². The molecule has 0 saturated carbocycles. The highest BCUT2D eigenvalue weighted by Crippen LogP contribution is 2.22. The van der Waals surface area contributed by atoms with Crippen LogP contribution in [0, 0.1) is 5.82 Å². The summed E-state index contributed by atoms with van der Waals surface area (Å²) in [5, 5.41) is 2.66. The van der Waals surface area contributed by atoms with Gasteiger partial charge in [0.25, 0.3) is 0 Å². The smallest absolute Gasteiger partial charge is 0.247 e. The van der Waals surface area contributed by atoms with E-state index in [-0.39, 0.29) is 5.69 Å². The third-order valence-electron chi connectivity index (χ3n) is 3.28. The number of carbonyl (C=O) groups is 1. The van der Waals surface area contributed by atoms with E-state index in [4.69, 9.17) is 0 Å². The van der Waals surface area contributed by atoms with Crippen molar-refractivity contribution in [3.63, 3.8) is 0 Å². The number of nitrogens with one attached hydrogen (secondary N) is 1. The molecular weight excluding hydrogens is 399 g/mol. The Labute approximate surface area is 148 Å². The molecule has 0 saturated heterocycles. The number of hydrogen-bond donors (Lipinski definition) is 1. The molecule has 8 heteroatoms. The van der Waals surface area contributed by atoms with Gasteiger partial charge < -0.3 is 5.32 Å². The van der Waals surface area contributed by atoms with E-state index >= 15 is 0 Å². The summed E-state index contributed by atoms with van der Waals surface area (Å²) in [5.41, 5.74) is 0.764. The molecule has 0 unspecified atom stereocenters. The van der Waals surface area contributed by atoms with Crippen molar-refractivity contribution >= 4 is 43.2 Å². The van der Waals surface area contributed by atoms with E-state index < -0.39 is 27.8 Å². The second kappa shape index (κ2) is 7.31. The maximum atomic E-state index is 13.1. The van der Waals surface area contributed by atoms with Gasteiger partial charge in [-0.1, -0.05) is 15.9 Å². The van der Waals surface area contributed by atoms with Crippen molar-refractivity contribution in [3.8, 4) is 0 Å². The van der Waals surface area contributed by atoms with Crippen LogP contribution in [0.15, 0.2) is 53.0 Å². The van der Waals surface area contributed by atoms with Crippen LogP contribution in [-0.4, -0.2) is 26.6 Å². The predicted octanol–water partition coefficient (Wildman–Crippen LogP) is 3.38. The third-order valence-corrected chi connectivity index (χ3v) is 5.05. The summed E-state index contributed by atoms with van der Waals surface area (Å²) in [7, 11) is -3.73. The molecule has 128 valence electrons. The van der Waals surface area contributed by atoms with Gasteiger partial charge in [0, 0.05) is 10.2 Å². The molecule has 1 amide bonds. The Morgan fingerprint density at radius 3 is 2.17 bits per heavy atom. The summed E-state index contributed by atoms with van der Waals surface area (Å²) >= 11 is 3.30. The van der Waals surface area contributed by atoms with Crippen LogP contribution >= 0.6 is 15.9 Å². The van der Waals surface area contributed by atoms with Gasteiger partial charge in [0.05, 0.1) is 11.9 Å². The predicted molar refractivity (Wildman–Crippen MR) is 96.0 cm³/mol. The molecule has 0 spiro atoms. The molecule has 0 radical (unpaired) electrons. The molecule has 0 aliphatic rings. The van der Waals surface area contributed by atoms with Crippen LogP contribution in [0.25, 0.3) is 0 Å². The second-order valence-electron chi connectivity index (χ2n) is 5.21. The minimum Gasteiger partial charge on any atom is -0.324 e. The number of nitrogens with zero attached hydrogens (tertiary/aromatic N) is 1. The van der Waals surface area contributed by atoms with Crippen molar-refractivity contribution < 1.29 is 17.6 Å². The highest BCUT2D eigenvalue weighted by molar-refractivity contribution is 9.10. The van der Waals surface area contributed by atoms with E-state index in [1.54, 1.807) is 24.3 Å². The van der Waals surface area contributed by atoms with Gasteiger partial charge in [0.2, 0.25) is 15.9 Å². The SMILES string of the molecule is C[C@@H](C(=O)Nc1ccc(Br)cc1)N(c1ccc(F)cc1)S(C)(=O)=O. The van der Waals surface area contributed by atoms with Crippen molar-refractivity contribution in [1.82, 2.24) is 0 Å². The van der Waals surface area contributed by atoms with Crippen LogP contribution in [-0.2, 0) is 14.8 Å². The van der Waals surface area contributed by atoms with Crippen molar-refractivity contribution in [3.05, 3.63) is 58.8 Å². The average Bonchev–Trinajstić information content (AvgIpc) is 2.50. The molecule has 0 aliphatic carbocycles. The van der Waals surface area contributed by atoms with E-state index in [2.05, 4.69) is 21.2 Å². The number of benzene rings is 2. The summed E-state index contributed by atoms with van der Waals surface area (Å²) in [4.78, 5) is 12.4. The summed E-state index contributed by atoms with van der Waals surface area (Å²) in [6, 6.07) is 10.8. The van der Waals surface area contributed by atoms with E-state index in [1.165, 1.54) is 19.1 Å². The number of halogens is 2. The fourth-order valence-electron chi connectivity index (χ4n) is 2.18. The van der Waals surface area contributed by atoms with Gasteiger partial charge in [-0.25, -0.2) is 12.8 Å². The maximum Gasteiger partial charge on any atom is 0.247 e. The molecule has 0 aromatic heterocycles. The van der Waals surface area contributed by atoms with E-state index in [9.17, 15) is 17.6 Å². The quantitative estimate of drug-likeness (QED) is 0.815. The topological polar surface area (TPSA) is 66.5 Å². The Morgan fingerprint density at radius 2 is 1.67 bits per heavy atom. The first-order valence-electron chi connectivity index (χ1n) is 7.00. The van der Waals surface area contributed by atoms with Crippen LogP contribution < -0.4 is 9.62 Å². The van der Waals surface area contributed by atoms with Crippen LogP contribution in [0.2, 0.25) is 0 Å². The minimum atomic E-state index is -3.73. The van der Waals surface area contributed by atoms with Gasteiger partial charge in [0.1, 0.15) is 11.9 Å². The lowest BCUT2D eigenvalue weighted by Gasteiger charge is -2.28. The van der Waals surface area contributed by atoms with Gasteiger partial charge in [-0.05, 0) is 55.5 Å². The summed E-state index contributed by atoms with van der Waals surface area (Å²) in [6.45, 7) is 1.47. The first kappa shape index (κ1) is 18.4. The molecule has 5 nitrogen and oxygen atoms in total. The van der Waals surface area contributed by atoms with Gasteiger partial charge in [-0.2, -0.15) is 0 Å². The van der Waals surface area contributed by atoms with Crippen LogP contribution in [0.3, 0.4) is 0 Å². The lowest BCUT2D eigenvalue weighted by Crippen LogP contribution is -2.45. The Balaban J connectivity index is 2.27. The molecule has 1 atom stereocenters. The second-order valence-corrected chi connectivity index (χ2v) is 7.98. The van der Waals surface area contributed by atoms with E-state index in [0.717, 1.165) is 27.2 Å². The monoisotopic (exact) mass is 414 g/mol. The Hall–Kier alpha value is -1.93. The van der Waals surface area contributed by atoms with Crippen LogP contribution in [0.5, 0.6) is 0 Å². The maximum absolute atomic E-state index is 13.1. The lowest BCUT2D eigenvalue weighted by molar-refractivity contribution is -0.116. The molecule has 0 heterocycles. The van der Waals surface area contributed by atoms with Crippen molar-refractivity contribution in [2.45, 2.75) is 13.0 Å². The van der Waals surface area contributed by atoms with Crippen molar-refractivity contribution in [2.24, 2.45) is 0 Å². The number of hydrogen-bond acceptors (Lipinski definition) is 3. The number of anilines is 2. The fraction of sp³-hybridized carbons (Fsp3) is 0.188. The van der Waals surface area contributed by atoms with Crippen LogP contribution in [0.4, 0.5) is 15.8 Å². The number of amides is 1. The summed E-state index contributed by atoms with van der Waals surface area (Å²) in [6.07, 6.45) is 1.000. The van der Waals surface area contributed by atoms with Gasteiger partial charge in [-0.15, -0.1) is 0 Å². The molecule has 24 heavy (non-hydrogen) atoms. The average molecular weight is 415 g/mol. The zero-order valence-electron chi connectivity index (χ0n) is 13.0. The van der Waals surface area contributed by atoms with Gasteiger partial charge in [-0.3, -0.25) is 9.10 Å². The molecule has 2 rings (SSSR count). The molecule has 2 aromatic carbocycles. The third kappa shape index (κ3) is 4.55. The first-order valence-corrected chi connectivity index (χ1v) is 9.64. The highest BCUT2D eigenvalue weighted by Gasteiger charge is 2.29. The van der Waals surface area contributed by atoms with Crippen LogP contribution in [0.1, 0.15) is 6.92 Å². The summed E-state index contributed by atoms with van der Waals surface area (Å²) in [5.74, 6) is -0.980. The molecule has 0 bridgehead atoms. The standard InChI is InChI=1S/C16H16BrFN2O3S/c1-11(16(21)19-14-7-3-12(17)4-8-14)20(24(2,22)23)15-9-5-13(18)6-10-15/h3-11H,1-2H3,(H,19,21)/t11-/m0/s1. The molecule has 2 aromatic rings. The Bertz CT molecular complexity index is 823. The summed E-state index contributed by atoms with van der Waals surface area (Å²) < 4.78 is 39.1. The van der Waals surface area contributed by atoms with E-state index in [1.807, 2.05) is 0 Å². The van der Waals surface area contributed by atoms with Crippen molar-refractivity contribution in [2.75, 3.05) is 15.9 Å². The molecule has 0 aliphatic heterocycles.